The summed E-state index contributed by atoms with van der Waals surface area (Å²) < 4.78 is 5.51. The second-order valence-electron chi connectivity index (χ2n) is 4.56. The van der Waals surface area contributed by atoms with Gasteiger partial charge in [-0.2, -0.15) is 0 Å². The van der Waals surface area contributed by atoms with Gasteiger partial charge in [-0.25, -0.2) is 0 Å². The van der Waals surface area contributed by atoms with Crippen LogP contribution in [0.15, 0.2) is 18.2 Å². The molecule has 6 heteroatoms. The number of anilines is 1. The molecule has 0 aromatic heterocycles. The Morgan fingerprint density at radius 1 is 1.53 bits per heavy atom. The predicted molar refractivity (Wildman–Crippen MR) is 79.5 cm³/mol. The van der Waals surface area contributed by atoms with Gasteiger partial charge in [-0.15, -0.1) is 0 Å². The number of carbonyl (C=O) groups is 1. The van der Waals surface area contributed by atoms with Crippen LogP contribution in [0.5, 0.6) is 0 Å². The summed E-state index contributed by atoms with van der Waals surface area (Å²) in [5.74, 6) is -0.189. The molecule has 1 fully saturated rings. The highest BCUT2D eigenvalue weighted by molar-refractivity contribution is 7.80. The lowest BCUT2D eigenvalue weighted by atomic mass is 10.1. The first-order valence-corrected chi connectivity index (χ1v) is 6.81. The van der Waals surface area contributed by atoms with Crippen molar-refractivity contribution in [2.75, 3.05) is 5.32 Å². The normalized spacial score (nSPS) is 22.2. The van der Waals surface area contributed by atoms with E-state index in [1.807, 2.05) is 6.92 Å². The van der Waals surface area contributed by atoms with E-state index in [9.17, 15) is 4.79 Å². The zero-order chi connectivity index (χ0) is 14.0. The van der Waals surface area contributed by atoms with E-state index >= 15 is 0 Å². The van der Waals surface area contributed by atoms with Gasteiger partial charge < -0.3 is 15.8 Å². The van der Waals surface area contributed by atoms with Gasteiger partial charge in [0, 0.05) is 5.56 Å². The molecule has 3 N–H and O–H groups in total. The van der Waals surface area contributed by atoms with Crippen LogP contribution in [0.4, 0.5) is 5.69 Å². The van der Waals surface area contributed by atoms with Crippen LogP contribution < -0.4 is 11.1 Å². The van der Waals surface area contributed by atoms with Crippen molar-refractivity contribution in [1.82, 2.24) is 0 Å². The van der Waals surface area contributed by atoms with Crippen LogP contribution in [-0.4, -0.2) is 23.1 Å². The molecule has 1 aliphatic heterocycles. The topological polar surface area (TPSA) is 64.4 Å². The number of ether oxygens (including phenoxy) is 1. The summed E-state index contributed by atoms with van der Waals surface area (Å²) in [6, 6.07) is 5.04. The molecule has 0 aliphatic carbocycles. The standard InChI is InChI=1S/C13H15ClN2O2S/c1-7-2-5-11(18-7)13(17)16-10-6-8(12(15)19)3-4-9(10)14/h3-4,6-7,11H,2,5H2,1H3,(H2,15,19)(H,16,17). The molecule has 0 bridgehead atoms. The van der Waals surface area contributed by atoms with Crippen LogP contribution >= 0.6 is 23.8 Å². The average Bonchev–Trinajstić information content (AvgIpc) is 2.78. The van der Waals surface area contributed by atoms with Gasteiger partial charge in [-0.05, 0) is 31.9 Å². The Bertz CT molecular complexity index is 521. The predicted octanol–water partition coefficient (Wildman–Crippen LogP) is 2.48. The second-order valence-corrected chi connectivity index (χ2v) is 5.41. The molecule has 1 aliphatic rings. The van der Waals surface area contributed by atoms with Crippen molar-refractivity contribution in [1.29, 1.82) is 0 Å². The lowest BCUT2D eigenvalue weighted by Gasteiger charge is -2.13. The molecule has 2 rings (SSSR count). The molecule has 1 saturated heterocycles. The van der Waals surface area contributed by atoms with Crippen molar-refractivity contribution in [3.05, 3.63) is 28.8 Å². The summed E-state index contributed by atoms with van der Waals surface area (Å²) in [7, 11) is 0. The van der Waals surface area contributed by atoms with Gasteiger partial charge in [0.05, 0.1) is 16.8 Å². The third kappa shape index (κ3) is 3.43. The fourth-order valence-electron chi connectivity index (χ4n) is 1.98. The van der Waals surface area contributed by atoms with Crippen molar-refractivity contribution in [2.45, 2.75) is 32.0 Å². The Labute approximate surface area is 122 Å². The van der Waals surface area contributed by atoms with Crippen molar-refractivity contribution >= 4 is 40.4 Å². The van der Waals surface area contributed by atoms with Gasteiger partial charge in [0.15, 0.2) is 0 Å². The van der Waals surface area contributed by atoms with E-state index < -0.39 is 6.10 Å². The molecular weight excluding hydrogens is 284 g/mol. The summed E-state index contributed by atoms with van der Waals surface area (Å²) in [5.41, 5.74) is 6.72. The van der Waals surface area contributed by atoms with Gasteiger partial charge in [-0.3, -0.25) is 4.79 Å². The number of hydrogen-bond acceptors (Lipinski definition) is 3. The zero-order valence-electron chi connectivity index (χ0n) is 10.5. The van der Waals surface area contributed by atoms with Gasteiger partial charge in [0.25, 0.3) is 5.91 Å². The number of hydrogen-bond donors (Lipinski definition) is 2. The molecule has 1 aromatic carbocycles. The van der Waals surface area contributed by atoms with Crippen molar-refractivity contribution < 1.29 is 9.53 Å². The number of halogens is 1. The Kier molecular flexibility index (Phi) is 4.39. The number of amides is 1. The molecule has 102 valence electrons. The Morgan fingerprint density at radius 3 is 2.84 bits per heavy atom. The Morgan fingerprint density at radius 2 is 2.26 bits per heavy atom. The molecule has 1 amide bonds. The summed E-state index contributed by atoms with van der Waals surface area (Å²) in [6.07, 6.45) is 1.31. The molecule has 2 atom stereocenters. The summed E-state index contributed by atoms with van der Waals surface area (Å²) in [6.45, 7) is 1.95. The van der Waals surface area contributed by atoms with Crippen LogP contribution in [0, 0.1) is 0 Å². The van der Waals surface area contributed by atoms with Gasteiger partial charge in [-0.1, -0.05) is 29.9 Å². The fraction of sp³-hybridized carbons (Fsp3) is 0.385. The lowest BCUT2D eigenvalue weighted by Crippen LogP contribution is -2.28. The first kappa shape index (κ1) is 14.2. The number of rotatable bonds is 3. The van der Waals surface area contributed by atoms with Gasteiger partial charge in [0.2, 0.25) is 0 Å². The smallest absolute Gasteiger partial charge is 0.253 e. The summed E-state index contributed by atoms with van der Waals surface area (Å²) in [4.78, 5) is 12.3. The Balaban J connectivity index is 2.12. The van der Waals surface area contributed by atoms with Crippen LogP contribution in [0.2, 0.25) is 5.02 Å². The molecule has 0 spiro atoms. The number of nitrogens with one attached hydrogen (secondary N) is 1. The van der Waals surface area contributed by atoms with Crippen LogP contribution in [0.3, 0.4) is 0 Å². The second kappa shape index (κ2) is 5.86. The van der Waals surface area contributed by atoms with Crippen LogP contribution in [-0.2, 0) is 9.53 Å². The maximum atomic E-state index is 12.0. The van der Waals surface area contributed by atoms with Gasteiger partial charge >= 0.3 is 0 Å². The maximum absolute atomic E-state index is 12.0. The number of benzene rings is 1. The first-order chi connectivity index (χ1) is 8.97. The zero-order valence-corrected chi connectivity index (χ0v) is 12.1. The summed E-state index contributed by atoms with van der Waals surface area (Å²) in [5, 5.41) is 3.20. The SMILES string of the molecule is CC1CCC(C(=O)Nc2cc(C(N)=S)ccc2Cl)O1. The van der Waals surface area contributed by atoms with E-state index in [0.29, 0.717) is 16.3 Å². The fourth-order valence-corrected chi connectivity index (χ4v) is 2.27. The molecule has 1 heterocycles. The van der Waals surface area contributed by atoms with E-state index in [0.717, 1.165) is 12.8 Å². The third-order valence-corrected chi connectivity index (χ3v) is 3.60. The number of thiocarbonyl (C=S) groups is 1. The van der Waals surface area contributed by atoms with Crippen LogP contribution in [0.1, 0.15) is 25.3 Å². The number of carbonyl (C=O) groups excluding carboxylic acids is 1. The van der Waals surface area contributed by atoms with E-state index in [1.165, 1.54) is 0 Å². The number of nitrogens with two attached hydrogens (primary N) is 1. The minimum atomic E-state index is -0.417. The molecule has 0 saturated carbocycles. The van der Waals surface area contributed by atoms with E-state index in [-0.39, 0.29) is 17.0 Å². The minimum absolute atomic E-state index is 0.120. The van der Waals surface area contributed by atoms with Gasteiger partial charge in [0.1, 0.15) is 11.1 Å². The molecular formula is C13H15ClN2O2S. The molecule has 2 unspecified atom stereocenters. The monoisotopic (exact) mass is 298 g/mol. The minimum Gasteiger partial charge on any atom is -0.389 e. The highest BCUT2D eigenvalue weighted by atomic mass is 35.5. The molecule has 1 aromatic rings. The van der Waals surface area contributed by atoms with Crippen molar-refractivity contribution in [3.63, 3.8) is 0 Å². The maximum Gasteiger partial charge on any atom is 0.253 e. The molecule has 19 heavy (non-hydrogen) atoms. The highest BCUT2D eigenvalue weighted by Gasteiger charge is 2.28. The Hall–Kier alpha value is -1.17. The quantitative estimate of drug-likeness (QED) is 0.842. The summed E-state index contributed by atoms with van der Waals surface area (Å²) >= 11 is 10.9. The van der Waals surface area contributed by atoms with Crippen LogP contribution in [0.25, 0.3) is 0 Å². The van der Waals surface area contributed by atoms with E-state index in [1.54, 1.807) is 18.2 Å². The average molecular weight is 299 g/mol. The lowest BCUT2D eigenvalue weighted by molar-refractivity contribution is -0.126. The highest BCUT2D eigenvalue weighted by Crippen LogP contribution is 2.25. The van der Waals surface area contributed by atoms with E-state index in [4.69, 9.17) is 34.3 Å². The third-order valence-electron chi connectivity index (χ3n) is 3.03. The molecule has 4 nitrogen and oxygen atoms in total. The van der Waals surface area contributed by atoms with Crippen molar-refractivity contribution in [2.24, 2.45) is 5.73 Å². The molecule has 0 radical (unpaired) electrons. The van der Waals surface area contributed by atoms with Crippen molar-refractivity contribution in [3.8, 4) is 0 Å². The largest absolute Gasteiger partial charge is 0.389 e. The van der Waals surface area contributed by atoms with E-state index in [2.05, 4.69) is 5.32 Å². The first-order valence-electron chi connectivity index (χ1n) is 6.03.